The van der Waals surface area contributed by atoms with E-state index in [9.17, 15) is 4.79 Å². The van der Waals surface area contributed by atoms with E-state index >= 15 is 0 Å². The van der Waals surface area contributed by atoms with E-state index in [4.69, 9.17) is 4.74 Å². The molecule has 2 aliphatic heterocycles. The van der Waals surface area contributed by atoms with Gasteiger partial charge in [-0.2, -0.15) is 0 Å². The topological polar surface area (TPSA) is 58.0 Å². The van der Waals surface area contributed by atoms with Gasteiger partial charge in [-0.15, -0.1) is 0 Å². The molecule has 1 amide bonds. The van der Waals surface area contributed by atoms with Crippen LogP contribution in [0.2, 0.25) is 0 Å². The van der Waals surface area contributed by atoms with E-state index in [2.05, 4.69) is 16.0 Å². The maximum atomic E-state index is 12.7. The SMILES string of the molecule is COc1cccc2c1CCN1C(=O)CN=C(c3ccnc(N(C)C)c3)CC21. The van der Waals surface area contributed by atoms with Crippen LogP contribution in [0.15, 0.2) is 41.5 Å². The summed E-state index contributed by atoms with van der Waals surface area (Å²) in [4.78, 5) is 25.7. The number of fused-ring (bicyclic) bond motifs is 3. The highest BCUT2D eigenvalue weighted by atomic mass is 16.5. The molecule has 1 aromatic carbocycles. The van der Waals surface area contributed by atoms with Crippen molar-refractivity contribution < 1.29 is 9.53 Å². The minimum absolute atomic E-state index is 0.00595. The number of rotatable bonds is 3. The second-order valence-corrected chi connectivity index (χ2v) is 7.15. The summed E-state index contributed by atoms with van der Waals surface area (Å²) < 4.78 is 5.56. The van der Waals surface area contributed by atoms with Crippen LogP contribution in [0.1, 0.15) is 29.2 Å². The molecule has 0 bridgehead atoms. The maximum Gasteiger partial charge on any atom is 0.244 e. The number of nitrogens with zero attached hydrogens (tertiary/aromatic N) is 4. The summed E-state index contributed by atoms with van der Waals surface area (Å²) in [5.74, 6) is 1.87. The molecule has 0 aliphatic carbocycles. The lowest BCUT2D eigenvalue weighted by atomic mass is 9.88. The molecule has 0 spiro atoms. The van der Waals surface area contributed by atoms with Gasteiger partial charge in [0.25, 0.3) is 0 Å². The molecule has 6 nitrogen and oxygen atoms in total. The molecule has 0 N–H and O–H groups in total. The first kappa shape index (κ1) is 17.5. The van der Waals surface area contributed by atoms with Gasteiger partial charge in [0.2, 0.25) is 5.91 Å². The van der Waals surface area contributed by atoms with E-state index in [-0.39, 0.29) is 18.5 Å². The van der Waals surface area contributed by atoms with Crippen LogP contribution in [0.5, 0.6) is 5.75 Å². The van der Waals surface area contributed by atoms with Crippen molar-refractivity contribution in [1.29, 1.82) is 0 Å². The second-order valence-electron chi connectivity index (χ2n) is 7.15. The summed E-state index contributed by atoms with van der Waals surface area (Å²) in [5, 5.41) is 0. The molecule has 27 heavy (non-hydrogen) atoms. The zero-order valence-electron chi connectivity index (χ0n) is 16.0. The van der Waals surface area contributed by atoms with Gasteiger partial charge >= 0.3 is 0 Å². The van der Waals surface area contributed by atoms with Crippen molar-refractivity contribution in [2.45, 2.75) is 18.9 Å². The van der Waals surface area contributed by atoms with Crippen molar-refractivity contribution in [3.63, 3.8) is 0 Å². The Kier molecular flexibility index (Phi) is 4.56. The number of carbonyl (C=O) groups excluding carboxylic acids is 1. The zero-order valence-corrected chi connectivity index (χ0v) is 16.0. The van der Waals surface area contributed by atoms with E-state index in [0.29, 0.717) is 13.0 Å². The van der Waals surface area contributed by atoms with Gasteiger partial charge in [0.15, 0.2) is 0 Å². The van der Waals surface area contributed by atoms with Gasteiger partial charge in [0, 0.05) is 50.1 Å². The van der Waals surface area contributed by atoms with Crippen LogP contribution < -0.4 is 9.64 Å². The monoisotopic (exact) mass is 364 g/mol. The number of pyridine rings is 1. The Balaban J connectivity index is 1.74. The van der Waals surface area contributed by atoms with E-state index < -0.39 is 0 Å². The smallest absolute Gasteiger partial charge is 0.244 e. The molecule has 1 unspecified atom stereocenters. The van der Waals surface area contributed by atoms with E-state index in [1.807, 2.05) is 48.2 Å². The first-order valence-corrected chi connectivity index (χ1v) is 9.21. The third kappa shape index (κ3) is 3.16. The lowest BCUT2D eigenvalue weighted by Crippen LogP contribution is -2.40. The molecule has 0 saturated heterocycles. The molecule has 1 aromatic heterocycles. The van der Waals surface area contributed by atoms with E-state index in [1.165, 1.54) is 11.1 Å². The number of amides is 1. The Labute approximate surface area is 159 Å². The lowest BCUT2D eigenvalue weighted by molar-refractivity contribution is -0.132. The van der Waals surface area contributed by atoms with Crippen LogP contribution in [0.4, 0.5) is 5.82 Å². The molecular weight excluding hydrogens is 340 g/mol. The molecule has 140 valence electrons. The number of aromatic nitrogens is 1. The largest absolute Gasteiger partial charge is 0.496 e. The number of hydrogen-bond acceptors (Lipinski definition) is 5. The maximum absolute atomic E-state index is 12.7. The third-order valence-electron chi connectivity index (χ3n) is 5.38. The molecule has 1 atom stereocenters. The first-order valence-electron chi connectivity index (χ1n) is 9.21. The second kappa shape index (κ2) is 7.02. The fraction of sp³-hybridized carbons (Fsp3) is 0.381. The molecule has 0 radical (unpaired) electrons. The average molecular weight is 364 g/mol. The number of aliphatic imine (C=N–C) groups is 1. The van der Waals surface area contributed by atoms with Crippen molar-refractivity contribution in [2.24, 2.45) is 4.99 Å². The van der Waals surface area contributed by atoms with Crippen LogP contribution >= 0.6 is 0 Å². The molecule has 6 heteroatoms. The minimum atomic E-state index is -0.00595. The summed E-state index contributed by atoms with van der Waals surface area (Å²) in [5.41, 5.74) is 4.36. The van der Waals surface area contributed by atoms with Gasteiger partial charge in [0.05, 0.1) is 13.2 Å². The molecule has 4 rings (SSSR count). The molecular formula is C21H24N4O2. The summed E-state index contributed by atoms with van der Waals surface area (Å²) in [6.07, 6.45) is 3.31. The number of carbonyl (C=O) groups is 1. The highest BCUT2D eigenvalue weighted by Crippen LogP contribution is 2.38. The fourth-order valence-corrected chi connectivity index (χ4v) is 3.98. The number of anilines is 1. The Morgan fingerprint density at radius 1 is 1.26 bits per heavy atom. The highest BCUT2D eigenvalue weighted by molar-refractivity contribution is 6.03. The van der Waals surface area contributed by atoms with Crippen molar-refractivity contribution in [1.82, 2.24) is 9.88 Å². The molecule has 0 saturated carbocycles. The van der Waals surface area contributed by atoms with Gasteiger partial charge in [-0.05, 0) is 30.2 Å². The van der Waals surface area contributed by atoms with Crippen molar-refractivity contribution in [3.05, 3.63) is 53.2 Å². The van der Waals surface area contributed by atoms with Gasteiger partial charge in [-0.3, -0.25) is 9.79 Å². The van der Waals surface area contributed by atoms with E-state index in [1.54, 1.807) is 13.3 Å². The number of methoxy groups -OCH3 is 1. The molecule has 0 fully saturated rings. The zero-order chi connectivity index (χ0) is 19.0. The predicted octanol–water partition coefficient (Wildman–Crippen LogP) is 2.48. The lowest BCUT2D eigenvalue weighted by Gasteiger charge is -2.36. The van der Waals surface area contributed by atoms with Crippen molar-refractivity contribution in [3.8, 4) is 5.75 Å². The summed E-state index contributed by atoms with van der Waals surface area (Å²) in [6.45, 7) is 0.906. The molecule has 2 aliphatic rings. The Bertz CT molecular complexity index is 907. The van der Waals surface area contributed by atoms with Gasteiger partial charge in [-0.1, -0.05) is 12.1 Å². The molecule has 2 aromatic rings. The normalized spacial score (nSPS) is 18.9. The number of ether oxygens (including phenoxy) is 1. The van der Waals surface area contributed by atoms with Crippen LogP contribution in [0.3, 0.4) is 0 Å². The van der Waals surface area contributed by atoms with Crippen LogP contribution in [0.25, 0.3) is 0 Å². The standard InChI is InChI=1S/C21H24N4O2/c1-24(2)20-11-14(7-9-22-20)17-12-18-15-5-4-6-19(27-3)16(15)8-10-25(18)21(26)13-23-17/h4-7,9,11,18H,8,10,12-13H2,1-3H3. The number of benzene rings is 1. The van der Waals surface area contributed by atoms with Crippen LogP contribution in [0, 0.1) is 0 Å². The summed E-state index contributed by atoms with van der Waals surface area (Å²) in [6, 6.07) is 10.1. The minimum Gasteiger partial charge on any atom is -0.496 e. The van der Waals surface area contributed by atoms with Crippen molar-refractivity contribution >= 4 is 17.4 Å². The number of hydrogen-bond donors (Lipinski definition) is 0. The van der Waals surface area contributed by atoms with Gasteiger partial charge < -0.3 is 14.5 Å². The summed E-state index contributed by atoms with van der Waals surface area (Å²) in [7, 11) is 5.64. The fourth-order valence-electron chi connectivity index (χ4n) is 3.98. The van der Waals surface area contributed by atoms with E-state index in [0.717, 1.165) is 29.3 Å². The van der Waals surface area contributed by atoms with Crippen LogP contribution in [-0.4, -0.2) is 55.8 Å². The quantitative estimate of drug-likeness (QED) is 0.840. The predicted molar refractivity (Wildman–Crippen MR) is 106 cm³/mol. The Morgan fingerprint density at radius 2 is 2.11 bits per heavy atom. The van der Waals surface area contributed by atoms with Gasteiger partial charge in [0.1, 0.15) is 18.1 Å². The van der Waals surface area contributed by atoms with Gasteiger partial charge in [-0.25, -0.2) is 4.98 Å². The first-order chi connectivity index (χ1) is 13.1. The average Bonchev–Trinajstić information content (AvgIpc) is 2.87. The third-order valence-corrected chi connectivity index (χ3v) is 5.38. The Hall–Kier alpha value is -2.89. The van der Waals surface area contributed by atoms with Crippen molar-refractivity contribution in [2.75, 3.05) is 39.2 Å². The summed E-state index contributed by atoms with van der Waals surface area (Å²) >= 11 is 0. The Morgan fingerprint density at radius 3 is 2.89 bits per heavy atom. The molecule has 3 heterocycles. The highest BCUT2D eigenvalue weighted by Gasteiger charge is 2.34. The van der Waals surface area contributed by atoms with Crippen LogP contribution in [-0.2, 0) is 11.2 Å².